The van der Waals surface area contributed by atoms with E-state index in [4.69, 9.17) is 5.73 Å². The number of carbonyl (C=O) groups is 1. The number of hydrogen-bond donors (Lipinski definition) is 2. The Morgan fingerprint density at radius 2 is 2.24 bits per heavy atom. The van der Waals surface area contributed by atoms with Crippen molar-refractivity contribution >= 4 is 5.91 Å². The maximum atomic E-state index is 11.8. The summed E-state index contributed by atoms with van der Waals surface area (Å²) in [5.74, 6) is 0.324. The van der Waals surface area contributed by atoms with Crippen molar-refractivity contribution in [3.8, 4) is 0 Å². The fourth-order valence-electron chi connectivity index (χ4n) is 1.61. The van der Waals surface area contributed by atoms with Crippen LogP contribution in [-0.2, 0) is 11.2 Å². The molecule has 0 aliphatic carbocycles. The molecule has 0 aliphatic rings. The van der Waals surface area contributed by atoms with E-state index in [0.29, 0.717) is 18.9 Å². The highest BCUT2D eigenvalue weighted by Crippen LogP contribution is 2.05. The predicted octanol–water partition coefficient (Wildman–Crippen LogP) is 1.03. The number of carbonyl (C=O) groups excluding carboxylic acids is 1. The maximum absolute atomic E-state index is 11.8. The summed E-state index contributed by atoms with van der Waals surface area (Å²) in [6.45, 7) is 6.51. The zero-order valence-corrected chi connectivity index (χ0v) is 10.7. The number of nitrogens with one attached hydrogen (secondary N) is 1. The highest BCUT2D eigenvalue weighted by molar-refractivity contribution is 5.78. The van der Waals surface area contributed by atoms with E-state index in [2.05, 4.69) is 10.3 Å². The molecule has 1 atom stereocenters. The number of nitrogens with two attached hydrogens (primary N) is 1. The molecule has 0 fully saturated rings. The van der Waals surface area contributed by atoms with Crippen LogP contribution in [0.4, 0.5) is 0 Å². The number of nitrogens with zero attached hydrogens (tertiary/aromatic N) is 1. The van der Waals surface area contributed by atoms with E-state index in [-0.39, 0.29) is 11.9 Å². The summed E-state index contributed by atoms with van der Waals surface area (Å²) in [6, 6.07) is 3.86. The van der Waals surface area contributed by atoms with Crippen molar-refractivity contribution in [3.05, 3.63) is 29.6 Å². The van der Waals surface area contributed by atoms with Gasteiger partial charge in [0.05, 0.1) is 12.1 Å². The van der Waals surface area contributed by atoms with E-state index < -0.39 is 0 Å². The molecule has 1 rings (SSSR count). The summed E-state index contributed by atoms with van der Waals surface area (Å²) in [7, 11) is 0. The monoisotopic (exact) mass is 235 g/mol. The van der Waals surface area contributed by atoms with E-state index in [9.17, 15) is 4.79 Å². The van der Waals surface area contributed by atoms with Crippen molar-refractivity contribution in [1.82, 2.24) is 10.3 Å². The predicted molar refractivity (Wildman–Crippen MR) is 68.5 cm³/mol. The maximum Gasteiger partial charge on any atom is 0.226 e. The molecule has 0 saturated heterocycles. The SMILES string of the molecule is Cc1cccnc1CC(=O)NC(CN)C(C)C. The van der Waals surface area contributed by atoms with Gasteiger partial charge in [-0.25, -0.2) is 0 Å². The number of hydrogen-bond acceptors (Lipinski definition) is 3. The second kappa shape index (κ2) is 6.35. The Kier molecular flexibility index (Phi) is 5.10. The zero-order valence-electron chi connectivity index (χ0n) is 10.7. The lowest BCUT2D eigenvalue weighted by Crippen LogP contribution is -2.44. The second-order valence-corrected chi connectivity index (χ2v) is 4.60. The van der Waals surface area contributed by atoms with Crippen LogP contribution >= 0.6 is 0 Å². The van der Waals surface area contributed by atoms with E-state index in [1.54, 1.807) is 6.20 Å². The van der Waals surface area contributed by atoms with E-state index in [1.165, 1.54) is 0 Å². The molecular formula is C13H21N3O. The smallest absolute Gasteiger partial charge is 0.226 e. The third-order valence-electron chi connectivity index (χ3n) is 2.85. The molecular weight excluding hydrogens is 214 g/mol. The Labute approximate surface area is 103 Å². The molecule has 4 heteroatoms. The summed E-state index contributed by atoms with van der Waals surface area (Å²) in [5.41, 5.74) is 7.48. The molecule has 4 nitrogen and oxygen atoms in total. The van der Waals surface area contributed by atoms with Crippen LogP contribution in [0, 0.1) is 12.8 Å². The Morgan fingerprint density at radius 1 is 1.53 bits per heavy atom. The molecule has 1 amide bonds. The molecule has 3 N–H and O–H groups in total. The zero-order chi connectivity index (χ0) is 12.8. The average Bonchev–Trinajstić information content (AvgIpc) is 2.28. The fourth-order valence-corrected chi connectivity index (χ4v) is 1.61. The summed E-state index contributed by atoms with van der Waals surface area (Å²) >= 11 is 0. The average molecular weight is 235 g/mol. The van der Waals surface area contributed by atoms with Gasteiger partial charge in [0.15, 0.2) is 0 Å². The molecule has 17 heavy (non-hydrogen) atoms. The number of rotatable bonds is 5. The van der Waals surface area contributed by atoms with Gasteiger partial charge >= 0.3 is 0 Å². The molecule has 0 saturated carbocycles. The van der Waals surface area contributed by atoms with Gasteiger partial charge in [0.1, 0.15) is 0 Å². The van der Waals surface area contributed by atoms with Gasteiger partial charge in [0.2, 0.25) is 5.91 Å². The second-order valence-electron chi connectivity index (χ2n) is 4.60. The Balaban J connectivity index is 2.58. The van der Waals surface area contributed by atoms with Crippen LogP contribution in [0.25, 0.3) is 0 Å². The highest BCUT2D eigenvalue weighted by atomic mass is 16.1. The van der Waals surface area contributed by atoms with Crippen LogP contribution in [0.15, 0.2) is 18.3 Å². The summed E-state index contributed by atoms with van der Waals surface area (Å²) < 4.78 is 0. The number of aromatic nitrogens is 1. The molecule has 0 bridgehead atoms. The standard InChI is InChI=1S/C13H21N3O/c1-9(2)12(8-14)16-13(17)7-11-10(3)5-4-6-15-11/h4-6,9,12H,7-8,14H2,1-3H3,(H,16,17). The minimum absolute atomic E-state index is 0.0176. The molecule has 0 spiro atoms. The normalized spacial score (nSPS) is 12.5. The fraction of sp³-hybridized carbons (Fsp3) is 0.538. The Bertz CT molecular complexity index is 377. The number of aryl methyl sites for hydroxylation is 1. The van der Waals surface area contributed by atoms with Crippen LogP contribution in [-0.4, -0.2) is 23.5 Å². The highest BCUT2D eigenvalue weighted by Gasteiger charge is 2.15. The first-order valence-corrected chi connectivity index (χ1v) is 5.94. The molecule has 1 unspecified atom stereocenters. The van der Waals surface area contributed by atoms with Crippen molar-refractivity contribution in [2.45, 2.75) is 33.2 Å². The molecule has 1 aromatic heterocycles. The molecule has 0 radical (unpaired) electrons. The first kappa shape index (κ1) is 13.6. The molecule has 0 aliphatic heterocycles. The molecule has 94 valence electrons. The molecule has 1 heterocycles. The quantitative estimate of drug-likeness (QED) is 0.801. The van der Waals surface area contributed by atoms with Gasteiger partial charge in [-0.3, -0.25) is 9.78 Å². The number of pyridine rings is 1. The summed E-state index contributed by atoms with van der Waals surface area (Å²) in [4.78, 5) is 16.0. The third-order valence-corrected chi connectivity index (χ3v) is 2.85. The minimum atomic E-state index is -0.0176. The van der Waals surface area contributed by atoms with Gasteiger partial charge < -0.3 is 11.1 Å². The van der Waals surface area contributed by atoms with Gasteiger partial charge in [-0.15, -0.1) is 0 Å². The van der Waals surface area contributed by atoms with Crippen LogP contribution < -0.4 is 11.1 Å². The van der Waals surface area contributed by atoms with Gasteiger partial charge in [-0.05, 0) is 24.5 Å². The lowest BCUT2D eigenvalue weighted by molar-refractivity contribution is -0.121. The van der Waals surface area contributed by atoms with Crippen LogP contribution in [0.5, 0.6) is 0 Å². The van der Waals surface area contributed by atoms with Crippen molar-refractivity contribution in [3.63, 3.8) is 0 Å². The molecule has 0 aromatic carbocycles. The Hall–Kier alpha value is -1.42. The topological polar surface area (TPSA) is 68.0 Å². The lowest BCUT2D eigenvalue weighted by atomic mass is 10.0. The van der Waals surface area contributed by atoms with Crippen LogP contribution in [0.2, 0.25) is 0 Å². The number of amides is 1. The minimum Gasteiger partial charge on any atom is -0.352 e. The van der Waals surface area contributed by atoms with Gasteiger partial charge in [-0.1, -0.05) is 19.9 Å². The van der Waals surface area contributed by atoms with Crippen molar-refractivity contribution in [2.75, 3.05) is 6.54 Å². The van der Waals surface area contributed by atoms with E-state index in [0.717, 1.165) is 11.3 Å². The lowest BCUT2D eigenvalue weighted by Gasteiger charge is -2.20. The Morgan fingerprint density at radius 3 is 2.76 bits per heavy atom. The van der Waals surface area contributed by atoms with Crippen LogP contribution in [0.3, 0.4) is 0 Å². The van der Waals surface area contributed by atoms with E-state index in [1.807, 2.05) is 32.9 Å². The third kappa shape index (κ3) is 4.15. The largest absolute Gasteiger partial charge is 0.352 e. The first-order valence-electron chi connectivity index (χ1n) is 5.94. The van der Waals surface area contributed by atoms with Crippen molar-refractivity contribution in [1.29, 1.82) is 0 Å². The van der Waals surface area contributed by atoms with E-state index >= 15 is 0 Å². The van der Waals surface area contributed by atoms with Crippen molar-refractivity contribution < 1.29 is 4.79 Å². The first-order chi connectivity index (χ1) is 8.04. The summed E-state index contributed by atoms with van der Waals surface area (Å²) in [5, 5.41) is 2.94. The van der Waals surface area contributed by atoms with Gasteiger partial charge in [0, 0.05) is 18.8 Å². The van der Waals surface area contributed by atoms with Crippen molar-refractivity contribution in [2.24, 2.45) is 11.7 Å². The van der Waals surface area contributed by atoms with Gasteiger partial charge in [0.25, 0.3) is 0 Å². The van der Waals surface area contributed by atoms with Gasteiger partial charge in [-0.2, -0.15) is 0 Å². The summed E-state index contributed by atoms with van der Waals surface area (Å²) in [6.07, 6.45) is 2.02. The molecule has 1 aromatic rings. The van der Waals surface area contributed by atoms with Crippen LogP contribution in [0.1, 0.15) is 25.1 Å².